The molecule has 0 fully saturated rings. The second-order valence-electron chi connectivity index (χ2n) is 5.00. The van der Waals surface area contributed by atoms with Gasteiger partial charge in [0.25, 0.3) is 0 Å². The summed E-state index contributed by atoms with van der Waals surface area (Å²) in [6.07, 6.45) is 1.89. The molecule has 0 spiro atoms. The zero-order valence-electron chi connectivity index (χ0n) is 10.9. The van der Waals surface area contributed by atoms with Crippen LogP contribution < -0.4 is 0 Å². The van der Waals surface area contributed by atoms with Gasteiger partial charge < -0.3 is 5.11 Å². The van der Waals surface area contributed by atoms with Gasteiger partial charge in [-0.1, -0.05) is 50.3 Å². The van der Waals surface area contributed by atoms with Crippen LogP contribution in [0.3, 0.4) is 0 Å². The van der Waals surface area contributed by atoms with Crippen molar-refractivity contribution >= 4 is 0 Å². The monoisotopic (exact) mass is 233 g/mol. The largest absolute Gasteiger partial charge is 0.395 e. The molecule has 0 bridgehead atoms. The summed E-state index contributed by atoms with van der Waals surface area (Å²) in [5.41, 5.74) is 1.41. The van der Waals surface area contributed by atoms with Gasteiger partial charge in [0.2, 0.25) is 0 Å². The lowest BCUT2D eigenvalue weighted by atomic mass is 9.84. The van der Waals surface area contributed by atoms with E-state index in [4.69, 9.17) is 5.11 Å². The zero-order chi connectivity index (χ0) is 12.7. The standard InChI is InChI=1S/C15H23NO/c1-4-10-16(11-12-17)13-15(2,3)14-8-6-5-7-9-14/h4-9,17H,1,10-13H2,2-3H3. The van der Waals surface area contributed by atoms with Crippen LogP contribution in [0.15, 0.2) is 43.0 Å². The third kappa shape index (κ3) is 4.33. The number of hydrogen-bond acceptors (Lipinski definition) is 2. The summed E-state index contributed by atoms with van der Waals surface area (Å²) in [6.45, 7) is 10.9. The van der Waals surface area contributed by atoms with E-state index >= 15 is 0 Å². The molecule has 2 nitrogen and oxygen atoms in total. The molecule has 1 rings (SSSR count). The summed E-state index contributed by atoms with van der Waals surface area (Å²) in [5.74, 6) is 0. The molecule has 0 aromatic heterocycles. The third-order valence-corrected chi connectivity index (χ3v) is 2.98. The van der Waals surface area contributed by atoms with Crippen molar-refractivity contribution in [1.82, 2.24) is 4.90 Å². The van der Waals surface area contributed by atoms with Crippen molar-refractivity contribution in [3.8, 4) is 0 Å². The first-order valence-electron chi connectivity index (χ1n) is 6.10. The van der Waals surface area contributed by atoms with E-state index in [0.29, 0.717) is 6.54 Å². The van der Waals surface area contributed by atoms with Gasteiger partial charge in [-0.15, -0.1) is 6.58 Å². The molecule has 0 amide bonds. The molecule has 0 atom stereocenters. The quantitative estimate of drug-likeness (QED) is 0.731. The Morgan fingerprint density at radius 1 is 1.29 bits per heavy atom. The van der Waals surface area contributed by atoms with Gasteiger partial charge in [0, 0.05) is 25.0 Å². The SMILES string of the molecule is C=CCN(CCO)CC(C)(C)c1ccccc1. The minimum atomic E-state index is 0.0828. The van der Waals surface area contributed by atoms with Crippen molar-refractivity contribution in [3.63, 3.8) is 0 Å². The molecule has 0 unspecified atom stereocenters. The normalized spacial score (nSPS) is 11.8. The zero-order valence-corrected chi connectivity index (χ0v) is 10.9. The van der Waals surface area contributed by atoms with Gasteiger partial charge in [-0.25, -0.2) is 0 Å². The summed E-state index contributed by atoms with van der Waals surface area (Å²) in [6, 6.07) is 10.5. The number of aliphatic hydroxyl groups excluding tert-OH is 1. The van der Waals surface area contributed by atoms with Gasteiger partial charge in [-0.05, 0) is 5.56 Å². The predicted octanol–water partition coefficient (Wildman–Crippen LogP) is 2.44. The molecule has 0 aliphatic rings. The molecule has 2 heteroatoms. The van der Waals surface area contributed by atoms with Gasteiger partial charge >= 0.3 is 0 Å². The van der Waals surface area contributed by atoms with Crippen LogP contribution in [0.5, 0.6) is 0 Å². The van der Waals surface area contributed by atoms with E-state index < -0.39 is 0 Å². The molecule has 17 heavy (non-hydrogen) atoms. The molecule has 94 valence electrons. The van der Waals surface area contributed by atoms with E-state index in [1.54, 1.807) is 0 Å². The first kappa shape index (κ1) is 13.9. The Balaban J connectivity index is 2.72. The minimum Gasteiger partial charge on any atom is -0.395 e. The van der Waals surface area contributed by atoms with E-state index in [9.17, 15) is 0 Å². The lowest BCUT2D eigenvalue weighted by Gasteiger charge is -2.32. The number of hydrogen-bond donors (Lipinski definition) is 1. The fourth-order valence-corrected chi connectivity index (χ4v) is 2.10. The van der Waals surface area contributed by atoms with Crippen molar-refractivity contribution < 1.29 is 5.11 Å². The second-order valence-corrected chi connectivity index (χ2v) is 5.00. The van der Waals surface area contributed by atoms with Crippen molar-refractivity contribution in [2.45, 2.75) is 19.3 Å². The van der Waals surface area contributed by atoms with E-state index in [1.807, 2.05) is 12.1 Å². The van der Waals surface area contributed by atoms with Gasteiger partial charge in [-0.3, -0.25) is 4.90 Å². The van der Waals surface area contributed by atoms with Crippen LogP contribution in [-0.2, 0) is 5.41 Å². The summed E-state index contributed by atoms with van der Waals surface area (Å²) in [7, 11) is 0. The fraction of sp³-hybridized carbons (Fsp3) is 0.467. The highest BCUT2D eigenvalue weighted by Crippen LogP contribution is 2.23. The van der Waals surface area contributed by atoms with E-state index in [1.165, 1.54) is 5.56 Å². The fourth-order valence-electron chi connectivity index (χ4n) is 2.10. The highest BCUT2D eigenvalue weighted by molar-refractivity contribution is 5.23. The van der Waals surface area contributed by atoms with Crippen molar-refractivity contribution in [3.05, 3.63) is 48.6 Å². The van der Waals surface area contributed by atoms with Gasteiger partial charge in [0.1, 0.15) is 0 Å². The molecule has 1 N–H and O–H groups in total. The molecule has 1 aromatic rings. The van der Waals surface area contributed by atoms with Crippen LogP contribution in [0.2, 0.25) is 0 Å². The van der Waals surface area contributed by atoms with Crippen LogP contribution in [-0.4, -0.2) is 36.2 Å². The van der Waals surface area contributed by atoms with Crippen molar-refractivity contribution in [1.29, 1.82) is 0 Å². The molecule has 0 aliphatic heterocycles. The maximum Gasteiger partial charge on any atom is 0.0558 e. The molecule has 0 heterocycles. The highest BCUT2D eigenvalue weighted by atomic mass is 16.3. The number of benzene rings is 1. The number of aliphatic hydroxyl groups is 1. The van der Waals surface area contributed by atoms with Crippen LogP contribution in [0.4, 0.5) is 0 Å². The first-order chi connectivity index (χ1) is 8.10. The number of rotatable bonds is 7. The molecule has 0 saturated heterocycles. The van der Waals surface area contributed by atoms with Gasteiger partial charge in [0.15, 0.2) is 0 Å². The maximum absolute atomic E-state index is 9.05. The topological polar surface area (TPSA) is 23.5 Å². The number of nitrogens with zero attached hydrogens (tertiary/aromatic N) is 1. The highest BCUT2D eigenvalue weighted by Gasteiger charge is 2.22. The Morgan fingerprint density at radius 2 is 1.94 bits per heavy atom. The lowest BCUT2D eigenvalue weighted by Crippen LogP contribution is -2.38. The van der Waals surface area contributed by atoms with Crippen LogP contribution in [0.1, 0.15) is 19.4 Å². The van der Waals surface area contributed by atoms with E-state index in [0.717, 1.165) is 13.1 Å². The summed E-state index contributed by atoms with van der Waals surface area (Å²) >= 11 is 0. The average Bonchev–Trinajstić information content (AvgIpc) is 2.30. The minimum absolute atomic E-state index is 0.0828. The van der Waals surface area contributed by atoms with E-state index in [-0.39, 0.29) is 12.0 Å². The predicted molar refractivity (Wildman–Crippen MR) is 73.2 cm³/mol. The smallest absolute Gasteiger partial charge is 0.0558 e. The van der Waals surface area contributed by atoms with Gasteiger partial charge in [-0.2, -0.15) is 0 Å². The molecular weight excluding hydrogens is 210 g/mol. The summed E-state index contributed by atoms with van der Waals surface area (Å²) in [5, 5.41) is 9.05. The Hall–Kier alpha value is -1.12. The Bertz CT molecular complexity index is 332. The van der Waals surface area contributed by atoms with E-state index in [2.05, 4.69) is 49.6 Å². The second kappa shape index (κ2) is 6.58. The molecule has 0 aliphatic carbocycles. The molecule has 1 aromatic carbocycles. The molecule has 0 radical (unpaired) electrons. The van der Waals surface area contributed by atoms with Gasteiger partial charge in [0.05, 0.1) is 6.61 Å². The summed E-state index contributed by atoms with van der Waals surface area (Å²) < 4.78 is 0. The van der Waals surface area contributed by atoms with Crippen molar-refractivity contribution in [2.24, 2.45) is 0 Å². The average molecular weight is 233 g/mol. The lowest BCUT2D eigenvalue weighted by molar-refractivity contribution is 0.184. The first-order valence-corrected chi connectivity index (χ1v) is 6.10. The van der Waals surface area contributed by atoms with Crippen LogP contribution >= 0.6 is 0 Å². The molecular formula is C15H23NO. The molecule has 0 saturated carbocycles. The van der Waals surface area contributed by atoms with Crippen molar-refractivity contribution in [2.75, 3.05) is 26.2 Å². The Morgan fingerprint density at radius 3 is 2.47 bits per heavy atom. The Kier molecular flexibility index (Phi) is 5.39. The third-order valence-electron chi connectivity index (χ3n) is 2.98. The summed E-state index contributed by atoms with van der Waals surface area (Å²) in [4.78, 5) is 2.22. The van der Waals surface area contributed by atoms with Crippen LogP contribution in [0, 0.1) is 0 Å². The van der Waals surface area contributed by atoms with Crippen LogP contribution in [0.25, 0.3) is 0 Å². The Labute approximate surface area is 105 Å². The maximum atomic E-state index is 9.05.